The van der Waals surface area contributed by atoms with Crippen molar-refractivity contribution in [2.24, 2.45) is 5.92 Å². The zero-order valence-corrected chi connectivity index (χ0v) is 18.3. The Hall–Kier alpha value is -1.89. The van der Waals surface area contributed by atoms with Gasteiger partial charge in [0, 0.05) is 58.3 Å². The van der Waals surface area contributed by atoms with Crippen molar-refractivity contribution in [2.75, 3.05) is 62.6 Å². The van der Waals surface area contributed by atoms with Crippen molar-refractivity contribution in [2.45, 2.75) is 52.4 Å². The number of nitrogens with zero attached hydrogens (tertiary/aromatic N) is 5. The number of amides is 1. The van der Waals surface area contributed by atoms with E-state index in [4.69, 9.17) is 0 Å². The molecule has 1 aromatic rings. The number of rotatable bonds is 9. The predicted octanol–water partition coefficient (Wildman–Crippen LogP) is 2.85. The molecular weight excluding hydrogens is 364 g/mol. The molecule has 2 aliphatic heterocycles. The highest BCUT2D eigenvalue weighted by Gasteiger charge is 2.24. The lowest BCUT2D eigenvalue weighted by atomic mass is 9.93. The summed E-state index contributed by atoms with van der Waals surface area (Å²) >= 11 is 0. The minimum Gasteiger partial charge on any atom is -0.370 e. The SMILES string of the molecule is CCCNc1cc(N2CCCC(CCC(=O)N3CCN(CCC)CC3)C2)ncn1. The number of anilines is 2. The molecule has 29 heavy (non-hydrogen) atoms. The Bertz CT molecular complexity index is 631. The van der Waals surface area contributed by atoms with Crippen LogP contribution in [-0.2, 0) is 4.79 Å². The van der Waals surface area contributed by atoms with Gasteiger partial charge in [0.25, 0.3) is 0 Å². The van der Waals surface area contributed by atoms with Gasteiger partial charge < -0.3 is 15.1 Å². The van der Waals surface area contributed by atoms with E-state index < -0.39 is 0 Å². The second-order valence-electron chi connectivity index (χ2n) is 8.40. The van der Waals surface area contributed by atoms with E-state index in [1.165, 1.54) is 12.8 Å². The van der Waals surface area contributed by atoms with Crippen LogP contribution in [0, 0.1) is 5.92 Å². The largest absolute Gasteiger partial charge is 0.370 e. The fourth-order valence-electron chi connectivity index (χ4n) is 4.40. The van der Waals surface area contributed by atoms with Gasteiger partial charge in [0.2, 0.25) is 5.91 Å². The van der Waals surface area contributed by atoms with Crippen molar-refractivity contribution in [1.29, 1.82) is 0 Å². The van der Waals surface area contributed by atoms with Crippen LogP contribution in [0.25, 0.3) is 0 Å². The molecule has 7 heteroatoms. The summed E-state index contributed by atoms with van der Waals surface area (Å²) in [5.74, 6) is 2.81. The molecule has 3 rings (SSSR count). The molecular formula is C22H38N6O. The third-order valence-electron chi connectivity index (χ3n) is 6.08. The first-order chi connectivity index (χ1) is 14.2. The van der Waals surface area contributed by atoms with Crippen LogP contribution in [-0.4, -0.2) is 78.0 Å². The molecule has 7 nitrogen and oxygen atoms in total. The Morgan fingerprint density at radius 2 is 1.97 bits per heavy atom. The third kappa shape index (κ3) is 6.56. The van der Waals surface area contributed by atoms with Crippen molar-refractivity contribution < 1.29 is 4.79 Å². The molecule has 1 N–H and O–H groups in total. The molecule has 1 unspecified atom stereocenters. The van der Waals surface area contributed by atoms with E-state index in [0.717, 1.165) is 83.3 Å². The molecule has 1 atom stereocenters. The molecule has 0 saturated carbocycles. The molecule has 162 valence electrons. The van der Waals surface area contributed by atoms with Crippen LogP contribution in [0.2, 0.25) is 0 Å². The highest BCUT2D eigenvalue weighted by Crippen LogP contribution is 2.26. The average molecular weight is 403 g/mol. The average Bonchev–Trinajstić information content (AvgIpc) is 2.77. The Labute approximate surface area is 175 Å². The van der Waals surface area contributed by atoms with E-state index in [1.54, 1.807) is 6.33 Å². The fraction of sp³-hybridized carbons (Fsp3) is 0.773. The molecule has 1 amide bonds. The van der Waals surface area contributed by atoms with Crippen LogP contribution in [0.15, 0.2) is 12.4 Å². The first kappa shape index (κ1) is 21.8. The molecule has 0 bridgehead atoms. The molecule has 0 aromatic carbocycles. The number of piperazine rings is 1. The Balaban J connectivity index is 1.45. The smallest absolute Gasteiger partial charge is 0.222 e. The van der Waals surface area contributed by atoms with E-state index in [9.17, 15) is 4.79 Å². The van der Waals surface area contributed by atoms with Gasteiger partial charge in [-0.05, 0) is 44.6 Å². The molecule has 2 fully saturated rings. The van der Waals surface area contributed by atoms with E-state index in [2.05, 4.69) is 49.9 Å². The summed E-state index contributed by atoms with van der Waals surface area (Å²) in [5, 5.41) is 3.34. The van der Waals surface area contributed by atoms with Gasteiger partial charge in [-0.3, -0.25) is 9.69 Å². The van der Waals surface area contributed by atoms with Gasteiger partial charge in [-0.1, -0.05) is 13.8 Å². The van der Waals surface area contributed by atoms with Crippen LogP contribution >= 0.6 is 0 Å². The van der Waals surface area contributed by atoms with Crippen LogP contribution in [0.5, 0.6) is 0 Å². The summed E-state index contributed by atoms with van der Waals surface area (Å²) in [4.78, 5) is 28.4. The standard InChI is InChI=1S/C22H38N6O/c1-3-9-23-20-16-21(25-18-24-20)28-11-5-6-19(17-28)7-8-22(29)27-14-12-26(10-4-2)13-15-27/h16,18-19H,3-15,17H2,1-2H3,(H,23,24,25). The number of hydrogen-bond donors (Lipinski definition) is 1. The number of hydrogen-bond acceptors (Lipinski definition) is 6. The van der Waals surface area contributed by atoms with Gasteiger partial charge >= 0.3 is 0 Å². The lowest BCUT2D eigenvalue weighted by molar-refractivity contribution is -0.133. The molecule has 3 heterocycles. The predicted molar refractivity (Wildman–Crippen MR) is 118 cm³/mol. The maximum Gasteiger partial charge on any atom is 0.222 e. The minimum atomic E-state index is 0.339. The van der Waals surface area contributed by atoms with Crippen LogP contribution < -0.4 is 10.2 Å². The third-order valence-corrected chi connectivity index (χ3v) is 6.08. The molecule has 2 saturated heterocycles. The van der Waals surface area contributed by atoms with Gasteiger partial charge in [0.1, 0.15) is 18.0 Å². The lowest BCUT2D eigenvalue weighted by Gasteiger charge is -2.36. The maximum absolute atomic E-state index is 12.7. The van der Waals surface area contributed by atoms with Crippen LogP contribution in [0.3, 0.4) is 0 Å². The zero-order valence-electron chi connectivity index (χ0n) is 18.3. The van der Waals surface area contributed by atoms with E-state index in [0.29, 0.717) is 18.2 Å². The first-order valence-electron chi connectivity index (χ1n) is 11.5. The summed E-state index contributed by atoms with van der Waals surface area (Å²) in [7, 11) is 0. The van der Waals surface area contributed by atoms with E-state index in [1.807, 2.05) is 0 Å². The molecule has 1 aromatic heterocycles. The summed E-state index contributed by atoms with van der Waals surface area (Å²) < 4.78 is 0. The number of nitrogens with one attached hydrogen (secondary N) is 1. The topological polar surface area (TPSA) is 64.6 Å². The molecule has 0 aliphatic carbocycles. The Morgan fingerprint density at radius 1 is 1.14 bits per heavy atom. The van der Waals surface area contributed by atoms with Gasteiger partial charge in [0.15, 0.2) is 0 Å². The summed E-state index contributed by atoms with van der Waals surface area (Å²) in [6.45, 7) is 12.3. The van der Waals surface area contributed by atoms with Crippen molar-refractivity contribution in [3.63, 3.8) is 0 Å². The van der Waals surface area contributed by atoms with Crippen molar-refractivity contribution >= 4 is 17.5 Å². The second kappa shape index (κ2) is 11.3. The number of carbonyl (C=O) groups is 1. The summed E-state index contributed by atoms with van der Waals surface area (Å²) in [6, 6.07) is 2.05. The maximum atomic E-state index is 12.7. The highest BCUT2D eigenvalue weighted by atomic mass is 16.2. The van der Waals surface area contributed by atoms with Crippen molar-refractivity contribution in [1.82, 2.24) is 19.8 Å². The van der Waals surface area contributed by atoms with Crippen molar-refractivity contribution in [3.05, 3.63) is 12.4 Å². The second-order valence-corrected chi connectivity index (χ2v) is 8.40. The van der Waals surface area contributed by atoms with Crippen LogP contribution in [0.4, 0.5) is 11.6 Å². The molecule has 0 radical (unpaired) electrons. The monoisotopic (exact) mass is 402 g/mol. The van der Waals surface area contributed by atoms with Crippen molar-refractivity contribution in [3.8, 4) is 0 Å². The highest BCUT2D eigenvalue weighted by molar-refractivity contribution is 5.76. The number of carbonyl (C=O) groups excluding carboxylic acids is 1. The zero-order chi connectivity index (χ0) is 20.5. The lowest BCUT2D eigenvalue weighted by Crippen LogP contribution is -2.48. The van der Waals surface area contributed by atoms with Gasteiger partial charge in [-0.2, -0.15) is 0 Å². The molecule has 0 spiro atoms. The van der Waals surface area contributed by atoms with E-state index >= 15 is 0 Å². The first-order valence-corrected chi connectivity index (χ1v) is 11.5. The Kier molecular flexibility index (Phi) is 8.52. The van der Waals surface area contributed by atoms with Crippen LogP contribution in [0.1, 0.15) is 52.4 Å². The number of piperidine rings is 1. The van der Waals surface area contributed by atoms with E-state index in [-0.39, 0.29) is 0 Å². The quantitative estimate of drug-likeness (QED) is 0.685. The van der Waals surface area contributed by atoms with Gasteiger partial charge in [-0.25, -0.2) is 9.97 Å². The molecule has 2 aliphatic rings. The minimum absolute atomic E-state index is 0.339. The summed E-state index contributed by atoms with van der Waals surface area (Å²) in [6.07, 6.45) is 7.95. The normalized spacial score (nSPS) is 20.7. The van der Waals surface area contributed by atoms with Gasteiger partial charge in [-0.15, -0.1) is 0 Å². The summed E-state index contributed by atoms with van der Waals surface area (Å²) in [5.41, 5.74) is 0. The number of aromatic nitrogens is 2. The Morgan fingerprint density at radius 3 is 2.72 bits per heavy atom. The fourth-order valence-corrected chi connectivity index (χ4v) is 4.40. The van der Waals surface area contributed by atoms with Gasteiger partial charge in [0.05, 0.1) is 0 Å².